The number of sulfone groups is 1. The molecule has 0 spiro atoms. The molecular formula is C13H17N3O2S. The van der Waals surface area contributed by atoms with Crippen LogP contribution in [0.25, 0.3) is 5.52 Å². The maximum Gasteiger partial charge on any atom is 0.151 e. The molecule has 3 heterocycles. The summed E-state index contributed by atoms with van der Waals surface area (Å²) in [5.74, 6) is 1.31. The smallest absolute Gasteiger partial charge is 0.151 e. The van der Waals surface area contributed by atoms with Crippen molar-refractivity contribution in [1.82, 2.24) is 9.38 Å². The minimum atomic E-state index is -2.93. The Balaban J connectivity index is 2.10. The van der Waals surface area contributed by atoms with Crippen molar-refractivity contribution in [2.45, 2.75) is 25.3 Å². The highest BCUT2D eigenvalue weighted by Gasteiger charge is 2.28. The van der Waals surface area contributed by atoms with Crippen LogP contribution in [0.15, 0.2) is 24.4 Å². The second kappa shape index (κ2) is 4.61. The van der Waals surface area contributed by atoms with Gasteiger partial charge in [-0.05, 0) is 25.0 Å². The van der Waals surface area contributed by atoms with Gasteiger partial charge in [-0.25, -0.2) is 13.4 Å². The molecule has 1 unspecified atom stereocenters. The van der Waals surface area contributed by atoms with Gasteiger partial charge in [-0.3, -0.25) is 4.40 Å². The Morgan fingerprint density at radius 2 is 2.26 bits per heavy atom. The van der Waals surface area contributed by atoms with Crippen molar-refractivity contribution in [2.24, 2.45) is 5.73 Å². The van der Waals surface area contributed by atoms with Crippen LogP contribution in [0.4, 0.5) is 0 Å². The third-order valence-corrected chi connectivity index (χ3v) is 5.52. The van der Waals surface area contributed by atoms with Gasteiger partial charge in [0.05, 0.1) is 23.2 Å². The van der Waals surface area contributed by atoms with Gasteiger partial charge in [-0.2, -0.15) is 0 Å². The first-order valence-corrected chi connectivity index (χ1v) is 8.28. The molecule has 102 valence electrons. The second-order valence-electron chi connectivity index (χ2n) is 5.05. The summed E-state index contributed by atoms with van der Waals surface area (Å²) in [6.45, 7) is 0.417. The predicted molar refractivity (Wildman–Crippen MR) is 73.7 cm³/mol. The average Bonchev–Trinajstić information content (AvgIpc) is 2.81. The van der Waals surface area contributed by atoms with Crippen LogP contribution in [-0.4, -0.2) is 29.3 Å². The lowest BCUT2D eigenvalue weighted by Crippen LogP contribution is -2.25. The number of rotatable bonds is 2. The molecule has 1 aliphatic rings. The molecule has 5 nitrogen and oxygen atoms in total. The molecule has 0 radical (unpaired) electrons. The van der Waals surface area contributed by atoms with Gasteiger partial charge in [0, 0.05) is 18.2 Å². The first-order chi connectivity index (χ1) is 9.11. The highest BCUT2D eigenvalue weighted by atomic mass is 32.2. The normalized spacial score (nSPS) is 22.7. The lowest BCUT2D eigenvalue weighted by Gasteiger charge is -2.21. The fourth-order valence-corrected chi connectivity index (χ4v) is 4.52. The van der Waals surface area contributed by atoms with Gasteiger partial charge >= 0.3 is 0 Å². The first-order valence-electron chi connectivity index (χ1n) is 6.46. The molecule has 0 saturated carbocycles. The van der Waals surface area contributed by atoms with Crippen molar-refractivity contribution in [2.75, 3.05) is 11.5 Å². The summed E-state index contributed by atoms with van der Waals surface area (Å²) in [5, 5.41) is 0. The van der Waals surface area contributed by atoms with Crippen LogP contribution in [0.2, 0.25) is 0 Å². The van der Waals surface area contributed by atoms with Crippen molar-refractivity contribution < 1.29 is 8.42 Å². The fraction of sp³-hybridized carbons (Fsp3) is 0.462. The van der Waals surface area contributed by atoms with E-state index in [1.165, 1.54) is 0 Å². The Kier molecular flexibility index (Phi) is 3.06. The molecule has 1 aliphatic heterocycles. The second-order valence-corrected chi connectivity index (χ2v) is 7.28. The molecule has 3 rings (SSSR count). The number of nitrogens with zero attached hydrogens (tertiary/aromatic N) is 2. The van der Waals surface area contributed by atoms with E-state index in [0.29, 0.717) is 18.7 Å². The highest BCUT2D eigenvalue weighted by molar-refractivity contribution is 7.91. The number of hydrogen-bond acceptors (Lipinski definition) is 4. The maximum atomic E-state index is 11.8. The number of aromatic nitrogens is 2. The Bertz CT molecular complexity index is 706. The summed E-state index contributed by atoms with van der Waals surface area (Å²) in [6.07, 6.45) is 3.37. The van der Waals surface area contributed by atoms with Crippen molar-refractivity contribution >= 4 is 15.4 Å². The van der Waals surface area contributed by atoms with E-state index in [-0.39, 0.29) is 11.7 Å². The average molecular weight is 279 g/mol. The molecule has 2 N–H and O–H groups in total. The van der Waals surface area contributed by atoms with E-state index >= 15 is 0 Å². The number of fused-ring (bicyclic) bond motifs is 1. The standard InChI is InChI=1S/C13H17N3O2S/c14-7-11-4-1-5-12-8-15-13(16(11)12)10-3-2-6-19(17,18)9-10/h1,4-5,8,10H,2-3,6-7,9,14H2. The van der Waals surface area contributed by atoms with Gasteiger partial charge in [0.15, 0.2) is 9.84 Å². The predicted octanol–water partition coefficient (Wildman–Crippen LogP) is 1.09. The summed E-state index contributed by atoms with van der Waals surface area (Å²) in [5.41, 5.74) is 7.70. The Labute approximate surface area is 112 Å². The van der Waals surface area contributed by atoms with Crippen LogP contribution in [-0.2, 0) is 16.4 Å². The van der Waals surface area contributed by atoms with Gasteiger partial charge in [0.1, 0.15) is 5.82 Å². The van der Waals surface area contributed by atoms with Crippen molar-refractivity contribution in [3.05, 3.63) is 35.9 Å². The maximum absolute atomic E-state index is 11.8. The van der Waals surface area contributed by atoms with Crippen LogP contribution >= 0.6 is 0 Å². The van der Waals surface area contributed by atoms with Gasteiger partial charge in [-0.1, -0.05) is 6.07 Å². The van der Waals surface area contributed by atoms with E-state index in [2.05, 4.69) is 4.98 Å². The first kappa shape index (κ1) is 12.6. The monoisotopic (exact) mass is 279 g/mol. The van der Waals surface area contributed by atoms with E-state index in [1.54, 1.807) is 6.20 Å². The molecule has 19 heavy (non-hydrogen) atoms. The van der Waals surface area contributed by atoms with E-state index in [0.717, 1.165) is 23.5 Å². The molecule has 0 aliphatic carbocycles. The molecule has 1 atom stereocenters. The van der Waals surface area contributed by atoms with Gasteiger partial charge in [-0.15, -0.1) is 0 Å². The Morgan fingerprint density at radius 3 is 3.00 bits per heavy atom. The molecule has 2 aromatic heterocycles. The molecular weight excluding hydrogens is 262 g/mol. The lowest BCUT2D eigenvalue weighted by molar-refractivity contribution is 0.541. The summed E-state index contributed by atoms with van der Waals surface area (Å²) < 4.78 is 25.6. The summed E-state index contributed by atoms with van der Waals surface area (Å²) in [6, 6.07) is 5.86. The van der Waals surface area contributed by atoms with E-state index in [1.807, 2.05) is 22.6 Å². The van der Waals surface area contributed by atoms with E-state index < -0.39 is 9.84 Å². The highest BCUT2D eigenvalue weighted by Crippen LogP contribution is 2.28. The Morgan fingerprint density at radius 1 is 1.42 bits per heavy atom. The summed E-state index contributed by atoms with van der Waals surface area (Å²) in [4.78, 5) is 4.44. The zero-order chi connectivity index (χ0) is 13.5. The topological polar surface area (TPSA) is 77.5 Å². The fourth-order valence-electron chi connectivity index (χ4n) is 2.82. The van der Waals surface area contributed by atoms with Crippen LogP contribution in [0.3, 0.4) is 0 Å². The quantitative estimate of drug-likeness (QED) is 0.892. The van der Waals surface area contributed by atoms with Gasteiger partial charge in [0.25, 0.3) is 0 Å². The molecule has 0 amide bonds. The van der Waals surface area contributed by atoms with E-state index in [9.17, 15) is 8.42 Å². The van der Waals surface area contributed by atoms with Crippen LogP contribution < -0.4 is 5.73 Å². The van der Waals surface area contributed by atoms with Gasteiger partial charge < -0.3 is 5.73 Å². The zero-order valence-corrected chi connectivity index (χ0v) is 11.4. The molecule has 6 heteroatoms. The summed E-state index contributed by atoms with van der Waals surface area (Å²) in [7, 11) is -2.93. The number of nitrogens with two attached hydrogens (primary N) is 1. The third-order valence-electron chi connectivity index (χ3n) is 3.70. The van der Waals surface area contributed by atoms with Crippen molar-refractivity contribution in [1.29, 1.82) is 0 Å². The molecule has 2 aromatic rings. The minimum absolute atomic E-state index is 0.0195. The number of pyridine rings is 1. The minimum Gasteiger partial charge on any atom is -0.325 e. The molecule has 1 saturated heterocycles. The van der Waals surface area contributed by atoms with E-state index in [4.69, 9.17) is 5.73 Å². The Hall–Kier alpha value is -1.40. The molecule has 1 fully saturated rings. The largest absolute Gasteiger partial charge is 0.325 e. The SMILES string of the molecule is NCc1cccc2cnc(C3CCCS(=O)(=O)C3)n12. The number of hydrogen-bond donors (Lipinski definition) is 1. The van der Waals surface area contributed by atoms with Crippen LogP contribution in [0.5, 0.6) is 0 Å². The zero-order valence-electron chi connectivity index (χ0n) is 10.6. The molecule has 0 aromatic carbocycles. The molecule has 0 bridgehead atoms. The third kappa shape index (κ3) is 2.26. The van der Waals surface area contributed by atoms with Crippen molar-refractivity contribution in [3.8, 4) is 0 Å². The van der Waals surface area contributed by atoms with Crippen LogP contribution in [0.1, 0.15) is 30.3 Å². The number of imidazole rings is 1. The van der Waals surface area contributed by atoms with Crippen LogP contribution in [0, 0.1) is 0 Å². The lowest BCUT2D eigenvalue weighted by atomic mass is 10.0. The van der Waals surface area contributed by atoms with Gasteiger partial charge in [0.2, 0.25) is 0 Å². The summed E-state index contributed by atoms with van der Waals surface area (Å²) >= 11 is 0. The van der Waals surface area contributed by atoms with Crippen molar-refractivity contribution in [3.63, 3.8) is 0 Å².